The topological polar surface area (TPSA) is 46.6 Å². The van der Waals surface area contributed by atoms with Crippen LogP contribution in [0, 0.1) is 5.92 Å². The fraction of sp³-hybridized carbons (Fsp3) is 0.333. The third-order valence-electron chi connectivity index (χ3n) is 3.37. The van der Waals surface area contributed by atoms with Crippen molar-refractivity contribution in [2.75, 3.05) is 4.90 Å². The molecule has 2 rings (SSSR count). The number of anilines is 1. The van der Waals surface area contributed by atoms with E-state index < -0.39 is 6.10 Å². The van der Waals surface area contributed by atoms with E-state index in [1.165, 1.54) is 11.0 Å². The third-order valence-corrected chi connectivity index (χ3v) is 3.37. The summed E-state index contributed by atoms with van der Waals surface area (Å²) in [5, 5.41) is 0. The zero-order valence-corrected chi connectivity index (χ0v) is 11.1. The maximum Gasteiger partial charge on any atom is 0.266 e. The van der Waals surface area contributed by atoms with Crippen LogP contribution in [0.3, 0.4) is 0 Å². The molecule has 3 atom stereocenters. The molecule has 4 heteroatoms. The average molecular weight is 259 g/mol. The molecule has 1 heterocycles. The molecule has 1 aliphatic rings. The molecule has 0 aliphatic carbocycles. The Balaban J connectivity index is 2.46. The highest BCUT2D eigenvalue weighted by atomic mass is 16.5. The zero-order chi connectivity index (χ0) is 14.0. The normalized spacial score (nSPS) is 28.1. The highest BCUT2D eigenvalue weighted by Crippen LogP contribution is 2.25. The molecule has 0 aromatic heterocycles. The van der Waals surface area contributed by atoms with Crippen LogP contribution in [0.5, 0.6) is 0 Å². The Bertz CT molecular complexity index is 497. The van der Waals surface area contributed by atoms with E-state index in [9.17, 15) is 9.59 Å². The zero-order valence-electron chi connectivity index (χ0n) is 11.1. The van der Waals surface area contributed by atoms with E-state index in [0.29, 0.717) is 5.69 Å². The van der Waals surface area contributed by atoms with Gasteiger partial charge < -0.3 is 4.74 Å². The lowest BCUT2D eigenvalue weighted by molar-refractivity contribution is -0.129. The molecule has 1 fully saturated rings. The Morgan fingerprint density at radius 3 is 2.37 bits per heavy atom. The van der Waals surface area contributed by atoms with Crippen molar-refractivity contribution in [2.24, 2.45) is 5.92 Å². The molecule has 100 valence electrons. The Morgan fingerprint density at radius 2 is 1.79 bits per heavy atom. The van der Waals surface area contributed by atoms with Crippen molar-refractivity contribution in [3.63, 3.8) is 0 Å². The van der Waals surface area contributed by atoms with Gasteiger partial charge in [0.2, 0.25) is 5.91 Å². The van der Waals surface area contributed by atoms with Crippen molar-refractivity contribution in [3.8, 4) is 0 Å². The highest BCUT2D eigenvalue weighted by molar-refractivity contribution is 6.17. The van der Waals surface area contributed by atoms with Crippen molar-refractivity contribution < 1.29 is 14.3 Å². The van der Waals surface area contributed by atoms with Crippen molar-refractivity contribution in [1.82, 2.24) is 0 Å². The molecule has 19 heavy (non-hydrogen) atoms. The van der Waals surface area contributed by atoms with Crippen LogP contribution in [0.1, 0.15) is 13.8 Å². The van der Waals surface area contributed by atoms with E-state index in [-0.39, 0.29) is 23.8 Å². The van der Waals surface area contributed by atoms with Crippen molar-refractivity contribution in [3.05, 3.63) is 43.0 Å². The number of ether oxygens (including phenoxy) is 1. The lowest BCUT2D eigenvalue weighted by atomic mass is 10.0. The molecule has 1 aromatic carbocycles. The molecule has 3 unspecified atom stereocenters. The van der Waals surface area contributed by atoms with Gasteiger partial charge >= 0.3 is 0 Å². The summed E-state index contributed by atoms with van der Waals surface area (Å²) in [5.41, 5.74) is 0.564. The minimum atomic E-state index is -0.788. The second-order valence-corrected chi connectivity index (χ2v) is 4.63. The Hall–Kier alpha value is -1.94. The fourth-order valence-electron chi connectivity index (χ4n) is 2.04. The number of carbonyl (C=O) groups is 2. The first kappa shape index (κ1) is 13.5. The summed E-state index contributed by atoms with van der Waals surface area (Å²) in [7, 11) is 0. The molecule has 1 aromatic rings. The summed E-state index contributed by atoms with van der Waals surface area (Å²) >= 11 is 0. The van der Waals surface area contributed by atoms with Crippen LogP contribution in [0.2, 0.25) is 0 Å². The minimum absolute atomic E-state index is 0.243. The van der Waals surface area contributed by atoms with Crippen LogP contribution < -0.4 is 4.90 Å². The van der Waals surface area contributed by atoms with Crippen LogP contribution in [-0.4, -0.2) is 24.0 Å². The summed E-state index contributed by atoms with van der Waals surface area (Å²) in [5.74, 6) is -1.01. The summed E-state index contributed by atoms with van der Waals surface area (Å²) in [6.07, 6.45) is 0.317. The lowest BCUT2D eigenvalue weighted by Gasteiger charge is -2.21. The first-order valence-corrected chi connectivity index (χ1v) is 6.27. The minimum Gasteiger partial charge on any atom is -0.360 e. The van der Waals surface area contributed by atoms with Crippen molar-refractivity contribution in [2.45, 2.75) is 26.1 Å². The highest BCUT2D eigenvalue weighted by Gasteiger charge is 2.39. The molecule has 4 nitrogen and oxygen atoms in total. The number of hydrogen-bond acceptors (Lipinski definition) is 3. The maximum absolute atomic E-state index is 12.4. The van der Waals surface area contributed by atoms with Gasteiger partial charge in [0.15, 0.2) is 6.10 Å². The average Bonchev–Trinajstić information content (AvgIpc) is 2.51. The molecular weight excluding hydrogens is 242 g/mol. The number of carbonyl (C=O) groups excluding carboxylic acids is 2. The predicted molar refractivity (Wildman–Crippen MR) is 72.6 cm³/mol. The van der Waals surface area contributed by atoms with E-state index in [0.717, 1.165) is 0 Å². The smallest absolute Gasteiger partial charge is 0.266 e. The van der Waals surface area contributed by atoms with E-state index in [1.54, 1.807) is 38.1 Å². The Kier molecular flexibility index (Phi) is 3.81. The summed E-state index contributed by atoms with van der Waals surface area (Å²) in [6, 6.07) is 8.89. The second-order valence-electron chi connectivity index (χ2n) is 4.63. The van der Waals surface area contributed by atoms with Gasteiger partial charge in [-0.3, -0.25) is 9.59 Å². The van der Waals surface area contributed by atoms with E-state index in [1.807, 2.05) is 6.07 Å². The number of nitrogens with zero attached hydrogens (tertiary/aromatic N) is 1. The number of amides is 2. The SMILES string of the molecule is C=CC1OC(C)C(C)C(=O)N(c2ccccc2)C1=O. The number of imide groups is 1. The van der Waals surface area contributed by atoms with Crippen molar-refractivity contribution in [1.29, 1.82) is 0 Å². The molecular formula is C15H17NO3. The van der Waals surface area contributed by atoms with Crippen molar-refractivity contribution >= 4 is 17.5 Å². The van der Waals surface area contributed by atoms with Gasteiger partial charge in [-0.15, -0.1) is 0 Å². The van der Waals surface area contributed by atoms with E-state index in [2.05, 4.69) is 6.58 Å². The standard InChI is InChI=1S/C15H17NO3/c1-4-13-15(18)16(12-8-6-5-7-9-12)14(17)10(2)11(3)19-13/h4-11,13H,1H2,2-3H3. The number of para-hydroxylation sites is 1. The number of benzene rings is 1. The molecule has 0 saturated carbocycles. The number of hydrogen-bond donors (Lipinski definition) is 0. The van der Waals surface area contributed by atoms with E-state index in [4.69, 9.17) is 4.74 Å². The number of rotatable bonds is 2. The summed E-state index contributed by atoms with van der Waals surface area (Å²) in [4.78, 5) is 26.0. The lowest BCUT2D eigenvalue weighted by Crippen LogP contribution is -2.42. The van der Waals surface area contributed by atoms with Gasteiger partial charge in [0, 0.05) is 0 Å². The van der Waals surface area contributed by atoms with Gasteiger partial charge in [-0.25, -0.2) is 4.90 Å². The maximum atomic E-state index is 12.4. The van der Waals surface area contributed by atoms with Gasteiger partial charge in [-0.1, -0.05) is 37.8 Å². The third kappa shape index (κ3) is 2.44. The van der Waals surface area contributed by atoms with Crippen LogP contribution in [0.15, 0.2) is 43.0 Å². The molecule has 1 aliphatic heterocycles. The monoisotopic (exact) mass is 259 g/mol. The van der Waals surface area contributed by atoms with Crippen LogP contribution in [0.4, 0.5) is 5.69 Å². The molecule has 0 N–H and O–H groups in total. The summed E-state index contributed by atoms with van der Waals surface area (Å²) in [6.45, 7) is 7.16. The largest absolute Gasteiger partial charge is 0.360 e. The van der Waals surface area contributed by atoms with Gasteiger partial charge in [0.1, 0.15) is 0 Å². The second kappa shape index (κ2) is 5.36. The quantitative estimate of drug-likeness (QED) is 0.604. The first-order chi connectivity index (χ1) is 9.06. The van der Waals surface area contributed by atoms with Gasteiger partial charge in [0.05, 0.1) is 17.7 Å². The van der Waals surface area contributed by atoms with Gasteiger partial charge in [0.25, 0.3) is 5.91 Å². The fourth-order valence-corrected chi connectivity index (χ4v) is 2.04. The Labute approximate surface area is 112 Å². The molecule has 1 saturated heterocycles. The van der Waals surface area contributed by atoms with E-state index >= 15 is 0 Å². The van der Waals surface area contributed by atoms with Gasteiger partial charge in [-0.2, -0.15) is 0 Å². The molecule has 2 amide bonds. The first-order valence-electron chi connectivity index (χ1n) is 6.27. The predicted octanol–water partition coefficient (Wildman–Crippen LogP) is 2.16. The molecule has 0 bridgehead atoms. The van der Waals surface area contributed by atoms with Crippen LogP contribution >= 0.6 is 0 Å². The van der Waals surface area contributed by atoms with Crippen LogP contribution in [-0.2, 0) is 14.3 Å². The molecule has 0 radical (unpaired) electrons. The molecule has 0 spiro atoms. The Morgan fingerprint density at radius 1 is 1.16 bits per heavy atom. The van der Waals surface area contributed by atoms with Gasteiger partial charge in [-0.05, 0) is 19.1 Å². The summed E-state index contributed by atoms with van der Waals surface area (Å²) < 4.78 is 5.58. The van der Waals surface area contributed by atoms with Crippen LogP contribution in [0.25, 0.3) is 0 Å².